The molecule has 0 fully saturated rings. The van der Waals surface area contributed by atoms with E-state index >= 15 is 0 Å². The van der Waals surface area contributed by atoms with Gasteiger partial charge in [0.2, 0.25) is 0 Å². The van der Waals surface area contributed by atoms with Gasteiger partial charge in [0, 0.05) is 11.9 Å². The van der Waals surface area contributed by atoms with E-state index in [1.54, 1.807) is 11.3 Å². The number of thiazole rings is 1. The summed E-state index contributed by atoms with van der Waals surface area (Å²) in [5, 5.41) is 5.33. The fraction of sp³-hybridized carbons (Fsp3) is 0.462. The first kappa shape index (κ1) is 13.3. The maximum absolute atomic E-state index is 5.75. The lowest BCUT2D eigenvalue weighted by atomic mass is 10.3. The van der Waals surface area contributed by atoms with Crippen LogP contribution in [-0.2, 0) is 19.6 Å². The van der Waals surface area contributed by atoms with E-state index in [2.05, 4.69) is 34.6 Å². The molecule has 0 aromatic carbocycles. The van der Waals surface area contributed by atoms with Gasteiger partial charge in [0.25, 0.3) is 0 Å². The van der Waals surface area contributed by atoms with Crippen molar-refractivity contribution < 1.29 is 4.42 Å². The third-order valence-corrected chi connectivity index (χ3v) is 3.24. The molecule has 98 valence electrons. The minimum atomic E-state index is 0.798. The molecule has 5 heteroatoms. The van der Waals surface area contributed by atoms with E-state index < -0.39 is 0 Å². The van der Waals surface area contributed by atoms with Gasteiger partial charge in [0.15, 0.2) is 0 Å². The molecule has 0 unspecified atom stereocenters. The topological polar surface area (TPSA) is 41.3 Å². The lowest BCUT2D eigenvalue weighted by molar-refractivity contribution is 0.280. The Bertz CT molecular complexity index is 453. The van der Waals surface area contributed by atoms with Gasteiger partial charge in [-0.25, -0.2) is 4.98 Å². The zero-order valence-corrected chi connectivity index (χ0v) is 11.7. The van der Waals surface area contributed by atoms with Gasteiger partial charge in [-0.1, -0.05) is 6.92 Å². The largest absolute Gasteiger partial charge is 0.463 e. The van der Waals surface area contributed by atoms with Crippen molar-refractivity contribution in [1.82, 2.24) is 15.2 Å². The van der Waals surface area contributed by atoms with Gasteiger partial charge in [0.1, 0.15) is 11.5 Å². The number of hydrogen-bond acceptors (Lipinski definition) is 5. The Kier molecular flexibility index (Phi) is 4.92. The highest BCUT2D eigenvalue weighted by Crippen LogP contribution is 2.12. The fourth-order valence-electron chi connectivity index (χ4n) is 1.76. The summed E-state index contributed by atoms with van der Waals surface area (Å²) in [6.07, 6.45) is 0. The standard InChI is InChI=1S/C13H19N3OS/c1-3-14-6-12-4-5-13(17-12)8-16(2)7-11-9-18-10-15-11/h4-5,9-10,14H,3,6-8H2,1-2H3. The second kappa shape index (κ2) is 6.68. The summed E-state index contributed by atoms with van der Waals surface area (Å²) < 4.78 is 5.75. The van der Waals surface area contributed by atoms with Crippen molar-refractivity contribution in [3.05, 3.63) is 40.2 Å². The monoisotopic (exact) mass is 265 g/mol. The van der Waals surface area contributed by atoms with E-state index in [-0.39, 0.29) is 0 Å². The molecule has 0 saturated heterocycles. The first-order valence-corrected chi connectivity index (χ1v) is 7.06. The first-order valence-electron chi connectivity index (χ1n) is 6.12. The Morgan fingerprint density at radius 2 is 2.17 bits per heavy atom. The maximum Gasteiger partial charge on any atom is 0.118 e. The second-order valence-electron chi connectivity index (χ2n) is 4.30. The van der Waals surface area contributed by atoms with Crippen LogP contribution in [0.4, 0.5) is 0 Å². The molecule has 2 rings (SSSR count). The van der Waals surface area contributed by atoms with E-state index in [4.69, 9.17) is 4.42 Å². The molecule has 0 saturated carbocycles. The summed E-state index contributed by atoms with van der Waals surface area (Å²) in [4.78, 5) is 6.48. The third-order valence-electron chi connectivity index (χ3n) is 2.61. The van der Waals surface area contributed by atoms with E-state index in [1.807, 2.05) is 17.6 Å². The Labute approximate surface area is 112 Å². The molecular weight excluding hydrogens is 246 g/mol. The zero-order valence-electron chi connectivity index (χ0n) is 10.8. The number of hydrogen-bond donors (Lipinski definition) is 1. The molecule has 0 bridgehead atoms. The summed E-state index contributed by atoms with van der Waals surface area (Å²) >= 11 is 1.63. The number of rotatable bonds is 7. The van der Waals surface area contributed by atoms with Gasteiger partial charge >= 0.3 is 0 Å². The molecule has 2 aromatic heterocycles. The summed E-state index contributed by atoms with van der Waals surface area (Å²) in [6.45, 7) is 5.51. The molecule has 0 aliphatic carbocycles. The smallest absolute Gasteiger partial charge is 0.118 e. The van der Waals surface area contributed by atoms with Crippen LogP contribution >= 0.6 is 11.3 Å². The van der Waals surface area contributed by atoms with Gasteiger partial charge in [-0.05, 0) is 25.7 Å². The molecule has 0 radical (unpaired) electrons. The van der Waals surface area contributed by atoms with E-state index in [0.29, 0.717) is 0 Å². The number of furan rings is 1. The van der Waals surface area contributed by atoms with Crippen LogP contribution in [0, 0.1) is 0 Å². The van der Waals surface area contributed by atoms with Crippen molar-refractivity contribution in [3.8, 4) is 0 Å². The molecular formula is C13H19N3OS. The van der Waals surface area contributed by atoms with Gasteiger partial charge in [0.05, 0.1) is 24.3 Å². The second-order valence-corrected chi connectivity index (χ2v) is 5.02. The first-order chi connectivity index (χ1) is 8.78. The molecule has 0 aliphatic heterocycles. The molecule has 0 aliphatic rings. The Hall–Kier alpha value is -1.17. The number of nitrogens with one attached hydrogen (secondary N) is 1. The highest BCUT2D eigenvalue weighted by Gasteiger charge is 2.07. The van der Waals surface area contributed by atoms with Crippen molar-refractivity contribution in [2.24, 2.45) is 0 Å². The predicted molar refractivity (Wildman–Crippen MR) is 73.4 cm³/mol. The number of aromatic nitrogens is 1. The van der Waals surface area contributed by atoms with Gasteiger partial charge < -0.3 is 9.73 Å². The summed E-state index contributed by atoms with van der Waals surface area (Å²) in [5.41, 5.74) is 2.98. The van der Waals surface area contributed by atoms with Crippen LogP contribution in [0.2, 0.25) is 0 Å². The van der Waals surface area contributed by atoms with Crippen molar-refractivity contribution >= 4 is 11.3 Å². The minimum Gasteiger partial charge on any atom is -0.463 e. The minimum absolute atomic E-state index is 0.798. The number of nitrogens with zero attached hydrogens (tertiary/aromatic N) is 2. The maximum atomic E-state index is 5.75. The van der Waals surface area contributed by atoms with Crippen molar-refractivity contribution in [1.29, 1.82) is 0 Å². The van der Waals surface area contributed by atoms with Crippen LogP contribution in [0.15, 0.2) is 27.4 Å². The van der Waals surface area contributed by atoms with Gasteiger partial charge in [-0.15, -0.1) is 11.3 Å². The van der Waals surface area contributed by atoms with Crippen molar-refractivity contribution in [2.45, 2.75) is 26.6 Å². The van der Waals surface area contributed by atoms with Gasteiger partial charge in [-0.2, -0.15) is 0 Å². The van der Waals surface area contributed by atoms with Crippen molar-refractivity contribution in [3.63, 3.8) is 0 Å². The molecule has 2 heterocycles. The lowest BCUT2D eigenvalue weighted by Crippen LogP contribution is -2.17. The highest BCUT2D eigenvalue weighted by atomic mass is 32.1. The summed E-state index contributed by atoms with van der Waals surface area (Å²) in [6, 6.07) is 4.08. The van der Waals surface area contributed by atoms with E-state index in [1.165, 1.54) is 0 Å². The molecule has 4 nitrogen and oxygen atoms in total. The van der Waals surface area contributed by atoms with Crippen LogP contribution in [-0.4, -0.2) is 23.5 Å². The van der Waals surface area contributed by atoms with Crippen molar-refractivity contribution in [2.75, 3.05) is 13.6 Å². The van der Waals surface area contributed by atoms with Gasteiger partial charge in [-0.3, -0.25) is 4.90 Å². The summed E-state index contributed by atoms with van der Waals surface area (Å²) in [5.74, 6) is 1.99. The van der Waals surface area contributed by atoms with Crippen LogP contribution in [0.1, 0.15) is 24.1 Å². The molecule has 0 spiro atoms. The van der Waals surface area contributed by atoms with Crippen LogP contribution < -0.4 is 5.32 Å². The van der Waals surface area contributed by atoms with E-state index in [0.717, 1.165) is 43.4 Å². The normalized spacial score (nSPS) is 11.3. The molecule has 0 amide bonds. The molecule has 18 heavy (non-hydrogen) atoms. The average molecular weight is 265 g/mol. The van der Waals surface area contributed by atoms with Crippen LogP contribution in [0.5, 0.6) is 0 Å². The molecule has 2 aromatic rings. The predicted octanol–water partition coefficient (Wildman–Crippen LogP) is 2.48. The average Bonchev–Trinajstić information content (AvgIpc) is 2.98. The zero-order chi connectivity index (χ0) is 12.8. The SMILES string of the molecule is CCNCc1ccc(CN(C)Cc2cscn2)o1. The molecule has 1 N–H and O–H groups in total. The lowest BCUT2D eigenvalue weighted by Gasteiger charge is -2.13. The van der Waals surface area contributed by atoms with Crippen LogP contribution in [0.25, 0.3) is 0 Å². The quantitative estimate of drug-likeness (QED) is 0.835. The molecule has 0 atom stereocenters. The summed E-state index contributed by atoms with van der Waals surface area (Å²) in [7, 11) is 2.08. The third kappa shape index (κ3) is 3.94. The Morgan fingerprint density at radius 3 is 2.89 bits per heavy atom. The Morgan fingerprint density at radius 1 is 1.33 bits per heavy atom. The fourth-order valence-corrected chi connectivity index (χ4v) is 2.31. The highest BCUT2D eigenvalue weighted by molar-refractivity contribution is 7.07. The van der Waals surface area contributed by atoms with E-state index in [9.17, 15) is 0 Å². The van der Waals surface area contributed by atoms with Crippen LogP contribution in [0.3, 0.4) is 0 Å². The Balaban J connectivity index is 1.83.